The standard InChI is InChI=1S/C7H16N2O2/c1-4-5(8)6(9)7(10-2)11-3/h4-7H,1,8-9H2,2-3H3. The van der Waals surface area contributed by atoms with Gasteiger partial charge < -0.3 is 20.9 Å². The maximum Gasteiger partial charge on any atom is 0.173 e. The molecule has 11 heavy (non-hydrogen) atoms. The van der Waals surface area contributed by atoms with Crippen LogP contribution in [0.4, 0.5) is 0 Å². The van der Waals surface area contributed by atoms with Crippen molar-refractivity contribution in [3.8, 4) is 0 Å². The summed E-state index contributed by atoms with van der Waals surface area (Å²) >= 11 is 0. The fraction of sp³-hybridized carbons (Fsp3) is 0.714. The predicted octanol–water partition coefficient (Wildman–Crippen LogP) is -0.554. The van der Waals surface area contributed by atoms with Gasteiger partial charge in [-0.25, -0.2) is 0 Å². The van der Waals surface area contributed by atoms with Crippen LogP contribution in [0.5, 0.6) is 0 Å². The summed E-state index contributed by atoms with van der Waals surface area (Å²) < 4.78 is 9.82. The second-order valence-corrected chi connectivity index (χ2v) is 2.23. The topological polar surface area (TPSA) is 70.5 Å². The lowest BCUT2D eigenvalue weighted by atomic mass is 10.1. The van der Waals surface area contributed by atoms with E-state index < -0.39 is 6.29 Å². The first-order chi connectivity index (χ1) is 5.17. The molecule has 66 valence electrons. The van der Waals surface area contributed by atoms with E-state index >= 15 is 0 Å². The molecule has 0 saturated carbocycles. The molecule has 2 unspecified atom stereocenters. The van der Waals surface area contributed by atoms with Crippen LogP contribution < -0.4 is 11.5 Å². The Balaban J connectivity index is 3.95. The highest BCUT2D eigenvalue weighted by Gasteiger charge is 2.20. The Bertz CT molecular complexity index is 115. The minimum atomic E-state index is -0.469. The molecule has 0 aromatic carbocycles. The lowest BCUT2D eigenvalue weighted by molar-refractivity contribution is -0.117. The van der Waals surface area contributed by atoms with Gasteiger partial charge in [-0.05, 0) is 0 Å². The fourth-order valence-corrected chi connectivity index (χ4v) is 0.749. The molecule has 0 rings (SSSR count). The fourth-order valence-electron chi connectivity index (χ4n) is 0.749. The number of nitrogens with two attached hydrogens (primary N) is 2. The predicted molar refractivity (Wildman–Crippen MR) is 44.0 cm³/mol. The monoisotopic (exact) mass is 160 g/mol. The van der Waals surface area contributed by atoms with E-state index in [1.165, 1.54) is 14.2 Å². The van der Waals surface area contributed by atoms with Gasteiger partial charge in [-0.2, -0.15) is 0 Å². The lowest BCUT2D eigenvalue weighted by Gasteiger charge is -2.23. The molecule has 0 amide bonds. The first-order valence-corrected chi connectivity index (χ1v) is 3.36. The van der Waals surface area contributed by atoms with Gasteiger partial charge in [0.2, 0.25) is 0 Å². The maximum absolute atomic E-state index is 5.65. The van der Waals surface area contributed by atoms with Crippen molar-refractivity contribution in [2.24, 2.45) is 11.5 Å². The molecule has 0 radical (unpaired) electrons. The Kier molecular flexibility index (Phi) is 5.06. The first kappa shape index (κ1) is 10.6. The Morgan fingerprint density at radius 3 is 2.00 bits per heavy atom. The van der Waals surface area contributed by atoms with E-state index in [2.05, 4.69) is 6.58 Å². The van der Waals surface area contributed by atoms with Gasteiger partial charge in [-0.15, -0.1) is 6.58 Å². The largest absolute Gasteiger partial charge is 0.354 e. The first-order valence-electron chi connectivity index (χ1n) is 3.36. The van der Waals surface area contributed by atoms with E-state index in [0.29, 0.717) is 0 Å². The minimum absolute atomic E-state index is 0.306. The summed E-state index contributed by atoms with van der Waals surface area (Å²) in [7, 11) is 3.04. The molecule has 0 aliphatic heterocycles. The van der Waals surface area contributed by atoms with Crippen molar-refractivity contribution in [2.75, 3.05) is 14.2 Å². The Morgan fingerprint density at radius 2 is 1.73 bits per heavy atom. The van der Waals surface area contributed by atoms with Gasteiger partial charge in [0.1, 0.15) is 0 Å². The molecule has 0 aliphatic rings. The van der Waals surface area contributed by atoms with E-state index in [-0.39, 0.29) is 12.1 Å². The number of rotatable bonds is 5. The number of hydrogen-bond acceptors (Lipinski definition) is 4. The second-order valence-electron chi connectivity index (χ2n) is 2.23. The van der Waals surface area contributed by atoms with Gasteiger partial charge in [0.05, 0.1) is 6.04 Å². The van der Waals surface area contributed by atoms with Crippen molar-refractivity contribution in [2.45, 2.75) is 18.4 Å². The van der Waals surface area contributed by atoms with Crippen LogP contribution in [0.2, 0.25) is 0 Å². The SMILES string of the molecule is C=CC(N)C(N)C(OC)OC. The molecule has 0 heterocycles. The lowest BCUT2D eigenvalue weighted by Crippen LogP contribution is -2.49. The van der Waals surface area contributed by atoms with E-state index in [9.17, 15) is 0 Å². The number of hydrogen-bond donors (Lipinski definition) is 2. The van der Waals surface area contributed by atoms with Crippen LogP contribution in [0.25, 0.3) is 0 Å². The zero-order chi connectivity index (χ0) is 8.85. The highest BCUT2D eigenvalue weighted by Crippen LogP contribution is 2.00. The molecule has 2 atom stereocenters. The Hall–Kier alpha value is -0.420. The van der Waals surface area contributed by atoms with E-state index in [1.54, 1.807) is 6.08 Å². The molecule has 0 spiro atoms. The summed E-state index contributed by atoms with van der Waals surface area (Å²) in [5, 5.41) is 0. The molecule has 4 heteroatoms. The normalized spacial score (nSPS) is 16.5. The van der Waals surface area contributed by atoms with Gasteiger partial charge in [0.15, 0.2) is 6.29 Å². The van der Waals surface area contributed by atoms with E-state index in [0.717, 1.165) is 0 Å². The van der Waals surface area contributed by atoms with E-state index in [1.807, 2.05) is 0 Å². The summed E-state index contributed by atoms with van der Waals surface area (Å²) in [6.07, 6.45) is 1.10. The molecule has 0 aromatic rings. The molecule has 0 fully saturated rings. The van der Waals surface area contributed by atoms with Crippen LogP contribution in [0.15, 0.2) is 12.7 Å². The second kappa shape index (κ2) is 5.26. The van der Waals surface area contributed by atoms with Crippen molar-refractivity contribution in [3.05, 3.63) is 12.7 Å². The molecule has 0 bridgehead atoms. The van der Waals surface area contributed by atoms with Crippen LogP contribution in [0.3, 0.4) is 0 Å². The minimum Gasteiger partial charge on any atom is -0.354 e. The van der Waals surface area contributed by atoms with Crippen LogP contribution in [-0.2, 0) is 9.47 Å². The summed E-state index contributed by atoms with van der Waals surface area (Å²) in [5.74, 6) is 0. The summed E-state index contributed by atoms with van der Waals surface area (Å²) in [6.45, 7) is 3.52. The third-order valence-corrected chi connectivity index (χ3v) is 1.50. The van der Waals surface area contributed by atoms with Crippen LogP contribution in [-0.4, -0.2) is 32.6 Å². The summed E-state index contributed by atoms with van der Waals surface area (Å²) in [5.41, 5.74) is 11.2. The molecule has 0 aliphatic carbocycles. The van der Waals surface area contributed by atoms with Gasteiger partial charge in [0.25, 0.3) is 0 Å². The van der Waals surface area contributed by atoms with Gasteiger partial charge in [-0.1, -0.05) is 6.08 Å². The van der Waals surface area contributed by atoms with E-state index in [4.69, 9.17) is 20.9 Å². The third-order valence-electron chi connectivity index (χ3n) is 1.50. The highest BCUT2D eigenvalue weighted by molar-refractivity contribution is 4.92. The maximum atomic E-state index is 5.65. The smallest absolute Gasteiger partial charge is 0.173 e. The average molecular weight is 160 g/mol. The molecule has 0 aromatic heterocycles. The zero-order valence-electron chi connectivity index (χ0n) is 6.99. The Morgan fingerprint density at radius 1 is 1.27 bits per heavy atom. The van der Waals surface area contributed by atoms with Crippen molar-refractivity contribution in [1.82, 2.24) is 0 Å². The summed E-state index contributed by atoms with van der Waals surface area (Å²) in [4.78, 5) is 0. The average Bonchev–Trinajstić information content (AvgIpc) is 2.05. The van der Waals surface area contributed by atoms with Gasteiger partial charge in [-0.3, -0.25) is 0 Å². The van der Waals surface area contributed by atoms with Crippen LogP contribution >= 0.6 is 0 Å². The molecular formula is C7H16N2O2. The van der Waals surface area contributed by atoms with Crippen LogP contribution in [0, 0.1) is 0 Å². The van der Waals surface area contributed by atoms with Crippen molar-refractivity contribution in [3.63, 3.8) is 0 Å². The number of ether oxygens (including phenoxy) is 2. The van der Waals surface area contributed by atoms with Crippen molar-refractivity contribution < 1.29 is 9.47 Å². The van der Waals surface area contributed by atoms with Crippen molar-refractivity contribution >= 4 is 0 Å². The quantitative estimate of drug-likeness (QED) is 0.418. The highest BCUT2D eigenvalue weighted by atomic mass is 16.7. The Labute approximate surface area is 67.1 Å². The van der Waals surface area contributed by atoms with Gasteiger partial charge >= 0.3 is 0 Å². The molecule has 4 nitrogen and oxygen atoms in total. The zero-order valence-corrected chi connectivity index (χ0v) is 6.99. The summed E-state index contributed by atoms with van der Waals surface area (Å²) in [6, 6.07) is -0.678. The third kappa shape index (κ3) is 2.98. The van der Waals surface area contributed by atoms with Crippen molar-refractivity contribution in [1.29, 1.82) is 0 Å². The number of methoxy groups -OCH3 is 2. The van der Waals surface area contributed by atoms with Gasteiger partial charge in [0, 0.05) is 20.3 Å². The van der Waals surface area contributed by atoms with Crippen LogP contribution in [0.1, 0.15) is 0 Å². The molecule has 0 saturated heterocycles. The molecular weight excluding hydrogens is 144 g/mol. The molecule has 4 N–H and O–H groups in total.